The standard InChI is InChI=1S/C11H23NSi/c1-5-13(4,11(2)3)12-9-7-6-8-10-12/h2,5-10H2,1,3-4H3. The van der Waals surface area contributed by atoms with Gasteiger partial charge in [0.05, 0.1) is 0 Å². The van der Waals surface area contributed by atoms with E-state index in [0.717, 1.165) is 0 Å². The van der Waals surface area contributed by atoms with Crippen LogP contribution in [0.2, 0.25) is 12.6 Å². The lowest BCUT2D eigenvalue weighted by atomic mass is 10.2. The molecular formula is C11H23NSi. The molecule has 1 fully saturated rings. The minimum atomic E-state index is -1.26. The molecule has 0 amide bonds. The highest BCUT2D eigenvalue weighted by molar-refractivity contribution is 6.82. The molecule has 0 aromatic rings. The maximum absolute atomic E-state index is 4.19. The van der Waals surface area contributed by atoms with Gasteiger partial charge in [-0.25, -0.2) is 0 Å². The quantitative estimate of drug-likeness (QED) is 0.628. The van der Waals surface area contributed by atoms with Crippen molar-refractivity contribution in [2.45, 2.75) is 45.7 Å². The summed E-state index contributed by atoms with van der Waals surface area (Å²) in [6.45, 7) is 13.9. The van der Waals surface area contributed by atoms with Gasteiger partial charge in [-0.2, -0.15) is 0 Å². The number of hydrogen-bond acceptors (Lipinski definition) is 1. The monoisotopic (exact) mass is 197 g/mol. The van der Waals surface area contributed by atoms with Gasteiger partial charge in [0, 0.05) is 0 Å². The van der Waals surface area contributed by atoms with Gasteiger partial charge in [-0.15, -0.1) is 6.58 Å². The Hall–Kier alpha value is -0.0831. The van der Waals surface area contributed by atoms with Crippen LogP contribution in [0.25, 0.3) is 0 Å². The first-order valence-electron chi connectivity index (χ1n) is 5.52. The minimum absolute atomic E-state index is 1.26. The van der Waals surface area contributed by atoms with E-state index >= 15 is 0 Å². The Balaban J connectivity index is 2.68. The lowest BCUT2D eigenvalue weighted by molar-refractivity contribution is 0.344. The molecule has 76 valence electrons. The molecular weight excluding hydrogens is 174 g/mol. The third kappa shape index (κ3) is 2.23. The SMILES string of the molecule is C=C(C)[Si](C)(CC)N1CCCCC1. The molecule has 0 saturated carbocycles. The van der Waals surface area contributed by atoms with Crippen molar-refractivity contribution in [1.82, 2.24) is 4.57 Å². The van der Waals surface area contributed by atoms with Crippen LogP contribution in [0.4, 0.5) is 0 Å². The van der Waals surface area contributed by atoms with Crippen LogP contribution in [0, 0.1) is 0 Å². The second-order valence-corrected chi connectivity index (χ2v) is 9.20. The Bertz CT molecular complexity index is 185. The van der Waals surface area contributed by atoms with Crippen molar-refractivity contribution in [2.75, 3.05) is 13.1 Å². The van der Waals surface area contributed by atoms with Crippen molar-refractivity contribution in [3.63, 3.8) is 0 Å². The Morgan fingerprint density at radius 2 is 1.85 bits per heavy atom. The minimum Gasteiger partial charge on any atom is -0.320 e. The van der Waals surface area contributed by atoms with E-state index in [1.165, 1.54) is 43.6 Å². The molecule has 1 aliphatic heterocycles. The van der Waals surface area contributed by atoms with E-state index in [0.29, 0.717) is 0 Å². The topological polar surface area (TPSA) is 3.24 Å². The maximum Gasteiger partial charge on any atom is 0.152 e. The van der Waals surface area contributed by atoms with Gasteiger partial charge in [0.1, 0.15) is 0 Å². The molecule has 0 N–H and O–H groups in total. The summed E-state index contributed by atoms with van der Waals surface area (Å²) in [5.41, 5.74) is 0. The van der Waals surface area contributed by atoms with E-state index in [1.54, 1.807) is 0 Å². The number of hydrogen-bond donors (Lipinski definition) is 0. The van der Waals surface area contributed by atoms with E-state index in [4.69, 9.17) is 0 Å². The molecule has 0 aromatic carbocycles. The fourth-order valence-corrected chi connectivity index (χ4v) is 5.08. The molecule has 2 heteroatoms. The summed E-state index contributed by atoms with van der Waals surface area (Å²) < 4.78 is 2.75. The van der Waals surface area contributed by atoms with Crippen LogP contribution < -0.4 is 0 Å². The lowest BCUT2D eigenvalue weighted by Crippen LogP contribution is -2.53. The fourth-order valence-electron chi connectivity index (χ4n) is 2.18. The second-order valence-electron chi connectivity index (χ2n) is 4.46. The van der Waals surface area contributed by atoms with Crippen molar-refractivity contribution in [2.24, 2.45) is 0 Å². The van der Waals surface area contributed by atoms with Crippen LogP contribution in [0.3, 0.4) is 0 Å². The van der Waals surface area contributed by atoms with Gasteiger partial charge in [0.2, 0.25) is 0 Å². The Morgan fingerprint density at radius 3 is 2.23 bits per heavy atom. The van der Waals surface area contributed by atoms with Gasteiger partial charge in [0.15, 0.2) is 8.24 Å². The average Bonchev–Trinajstić information content (AvgIpc) is 2.17. The second kappa shape index (κ2) is 4.42. The predicted octanol–water partition coefficient (Wildman–Crippen LogP) is 3.18. The first-order chi connectivity index (χ1) is 6.11. The Morgan fingerprint density at radius 1 is 1.31 bits per heavy atom. The molecule has 1 rings (SSSR count). The highest BCUT2D eigenvalue weighted by atomic mass is 28.3. The smallest absolute Gasteiger partial charge is 0.152 e. The largest absolute Gasteiger partial charge is 0.320 e. The zero-order valence-electron chi connectivity index (χ0n) is 9.40. The van der Waals surface area contributed by atoms with E-state index in [-0.39, 0.29) is 0 Å². The summed E-state index contributed by atoms with van der Waals surface area (Å²) >= 11 is 0. The molecule has 0 aliphatic carbocycles. The summed E-state index contributed by atoms with van der Waals surface area (Å²) in [4.78, 5) is 0. The van der Waals surface area contributed by atoms with E-state index in [2.05, 4.69) is 31.5 Å². The van der Waals surface area contributed by atoms with Crippen molar-refractivity contribution in [3.8, 4) is 0 Å². The van der Waals surface area contributed by atoms with E-state index in [9.17, 15) is 0 Å². The normalized spacial score (nSPS) is 23.9. The molecule has 0 bridgehead atoms. The zero-order valence-corrected chi connectivity index (χ0v) is 10.4. The van der Waals surface area contributed by atoms with Crippen LogP contribution in [0.5, 0.6) is 0 Å². The molecule has 13 heavy (non-hydrogen) atoms. The highest BCUT2D eigenvalue weighted by Crippen LogP contribution is 2.26. The van der Waals surface area contributed by atoms with E-state index in [1.807, 2.05) is 0 Å². The van der Waals surface area contributed by atoms with Gasteiger partial charge in [0.25, 0.3) is 0 Å². The summed E-state index contributed by atoms with van der Waals surface area (Å²) in [5, 5.41) is 1.46. The molecule has 1 aliphatic rings. The summed E-state index contributed by atoms with van der Waals surface area (Å²) in [7, 11) is -1.26. The van der Waals surface area contributed by atoms with Crippen molar-refractivity contribution >= 4 is 8.24 Å². The highest BCUT2D eigenvalue weighted by Gasteiger charge is 2.34. The first kappa shape index (κ1) is 11.0. The molecule has 1 saturated heterocycles. The van der Waals surface area contributed by atoms with Gasteiger partial charge < -0.3 is 4.57 Å². The van der Waals surface area contributed by atoms with Crippen LogP contribution in [-0.2, 0) is 0 Å². The molecule has 1 unspecified atom stereocenters. The van der Waals surface area contributed by atoms with Crippen molar-refractivity contribution in [3.05, 3.63) is 11.8 Å². The van der Waals surface area contributed by atoms with Crippen molar-refractivity contribution in [1.29, 1.82) is 0 Å². The van der Waals surface area contributed by atoms with E-state index < -0.39 is 8.24 Å². The van der Waals surface area contributed by atoms with Crippen molar-refractivity contribution < 1.29 is 0 Å². The molecule has 1 nitrogen and oxygen atoms in total. The lowest BCUT2D eigenvalue weighted by Gasteiger charge is -2.42. The molecule has 0 radical (unpaired) electrons. The average molecular weight is 197 g/mol. The number of rotatable bonds is 3. The molecule has 0 spiro atoms. The van der Waals surface area contributed by atoms with Gasteiger partial charge in [-0.3, -0.25) is 0 Å². The predicted molar refractivity (Wildman–Crippen MR) is 62.3 cm³/mol. The van der Waals surface area contributed by atoms with Gasteiger partial charge in [-0.1, -0.05) is 25.1 Å². The number of piperidine rings is 1. The molecule has 0 aromatic heterocycles. The number of nitrogens with zero attached hydrogens (tertiary/aromatic N) is 1. The van der Waals surface area contributed by atoms with Crippen LogP contribution >= 0.6 is 0 Å². The zero-order chi connectivity index (χ0) is 9.90. The van der Waals surface area contributed by atoms with Crippen LogP contribution in [0.1, 0.15) is 33.1 Å². The van der Waals surface area contributed by atoms with Crippen LogP contribution in [-0.4, -0.2) is 25.9 Å². The Labute approximate surface area is 83.9 Å². The molecule has 1 atom stereocenters. The third-order valence-electron chi connectivity index (χ3n) is 3.66. The fraction of sp³-hybridized carbons (Fsp3) is 0.818. The Kier molecular flexibility index (Phi) is 3.74. The summed E-state index contributed by atoms with van der Waals surface area (Å²) in [5.74, 6) is 0. The van der Waals surface area contributed by atoms with Crippen LogP contribution in [0.15, 0.2) is 11.8 Å². The summed E-state index contributed by atoms with van der Waals surface area (Å²) in [6, 6.07) is 1.32. The first-order valence-corrected chi connectivity index (χ1v) is 8.17. The molecule has 1 heterocycles. The van der Waals surface area contributed by atoms with Gasteiger partial charge in [-0.05, 0) is 38.9 Å². The number of allylic oxidation sites excluding steroid dienone is 1. The summed E-state index contributed by atoms with van der Waals surface area (Å²) in [6.07, 6.45) is 4.23. The van der Waals surface area contributed by atoms with Gasteiger partial charge >= 0.3 is 0 Å². The third-order valence-corrected chi connectivity index (χ3v) is 8.72. The maximum atomic E-state index is 4.19.